The van der Waals surface area contributed by atoms with E-state index in [9.17, 15) is 5.26 Å². The largest absolute Gasteiger partial charge is 0.305 e. The predicted octanol–water partition coefficient (Wildman–Crippen LogP) is 2.32. The van der Waals surface area contributed by atoms with Crippen LogP contribution in [0.2, 0.25) is 0 Å². The van der Waals surface area contributed by atoms with Gasteiger partial charge in [-0.05, 0) is 58.8 Å². The van der Waals surface area contributed by atoms with Crippen molar-refractivity contribution in [3.63, 3.8) is 0 Å². The fourth-order valence-corrected chi connectivity index (χ4v) is 3.44. The highest BCUT2D eigenvalue weighted by atomic mass is 15.2. The molecular formula is C17H34N4. The molecule has 1 fully saturated rings. The van der Waals surface area contributed by atoms with Gasteiger partial charge in [-0.1, -0.05) is 20.8 Å². The standard InChI is InChI=1S/C17H34N4/c1-6-10-19-17(7-2,14-18)9-8-11-21-12-15(3)16(13-21)20(4)5/h15-16,19H,6-13H2,1-5H3. The first-order valence-electron chi connectivity index (χ1n) is 8.53. The molecule has 0 saturated carbocycles. The Balaban J connectivity index is 2.40. The minimum absolute atomic E-state index is 0.317. The van der Waals surface area contributed by atoms with Crippen LogP contribution in [0.4, 0.5) is 0 Å². The van der Waals surface area contributed by atoms with Gasteiger partial charge in [0, 0.05) is 19.1 Å². The van der Waals surface area contributed by atoms with Gasteiger partial charge >= 0.3 is 0 Å². The SMILES string of the molecule is CCCNC(C#N)(CC)CCCN1CC(C)C(N(C)C)C1. The predicted molar refractivity (Wildman–Crippen MR) is 89.2 cm³/mol. The number of hydrogen-bond donors (Lipinski definition) is 1. The van der Waals surface area contributed by atoms with Crippen LogP contribution >= 0.6 is 0 Å². The number of nitrogens with zero attached hydrogens (tertiary/aromatic N) is 3. The highest BCUT2D eigenvalue weighted by Crippen LogP contribution is 2.22. The van der Waals surface area contributed by atoms with Gasteiger partial charge in [-0.3, -0.25) is 5.32 Å². The van der Waals surface area contributed by atoms with Crippen LogP contribution in [0.5, 0.6) is 0 Å². The molecule has 0 aromatic heterocycles. The third-order valence-corrected chi connectivity index (χ3v) is 4.92. The van der Waals surface area contributed by atoms with Crippen LogP contribution in [0.1, 0.15) is 46.5 Å². The van der Waals surface area contributed by atoms with E-state index < -0.39 is 0 Å². The summed E-state index contributed by atoms with van der Waals surface area (Å²) in [6.07, 6.45) is 4.03. The quantitative estimate of drug-likeness (QED) is 0.709. The van der Waals surface area contributed by atoms with Gasteiger partial charge in [0.2, 0.25) is 0 Å². The van der Waals surface area contributed by atoms with Gasteiger partial charge in [-0.25, -0.2) is 0 Å². The summed E-state index contributed by atoms with van der Waals surface area (Å²) in [5.74, 6) is 0.741. The summed E-state index contributed by atoms with van der Waals surface area (Å²) in [6.45, 7) is 11.0. The van der Waals surface area contributed by atoms with Crippen LogP contribution < -0.4 is 5.32 Å². The fraction of sp³-hybridized carbons (Fsp3) is 0.941. The molecule has 4 nitrogen and oxygen atoms in total. The van der Waals surface area contributed by atoms with Crippen LogP contribution in [0, 0.1) is 17.2 Å². The van der Waals surface area contributed by atoms with E-state index in [4.69, 9.17) is 0 Å². The third kappa shape index (κ3) is 5.25. The van der Waals surface area contributed by atoms with Gasteiger partial charge in [0.1, 0.15) is 5.54 Å². The van der Waals surface area contributed by atoms with Crippen molar-refractivity contribution in [3.05, 3.63) is 0 Å². The number of likely N-dealkylation sites (N-methyl/N-ethyl adjacent to an activating group) is 1. The third-order valence-electron chi connectivity index (χ3n) is 4.92. The molecule has 0 amide bonds. The molecule has 4 heteroatoms. The first kappa shape index (κ1) is 18.4. The molecule has 0 aliphatic carbocycles. The molecule has 1 aliphatic rings. The van der Waals surface area contributed by atoms with E-state index in [0.29, 0.717) is 6.04 Å². The average molecular weight is 294 g/mol. The average Bonchev–Trinajstić information content (AvgIpc) is 2.84. The highest BCUT2D eigenvalue weighted by Gasteiger charge is 2.31. The number of rotatable bonds is 9. The van der Waals surface area contributed by atoms with Crippen molar-refractivity contribution in [2.45, 2.75) is 58.0 Å². The summed E-state index contributed by atoms with van der Waals surface area (Å²) < 4.78 is 0. The molecular weight excluding hydrogens is 260 g/mol. The Kier molecular flexibility index (Phi) is 7.65. The van der Waals surface area contributed by atoms with Crippen molar-refractivity contribution >= 4 is 0 Å². The van der Waals surface area contributed by atoms with Gasteiger partial charge in [0.25, 0.3) is 0 Å². The zero-order valence-corrected chi connectivity index (χ0v) is 14.7. The second kappa shape index (κ2) is 8.73. The zero-order chi connectivity index (χ0) is 15.9. The van der Waals surface area contributed by atoms with E-state index in [1.165, 1.54) is 13.1 Å². The summed E-state index contributed by atoms with van der Waals surface area (Å²) >= 11 is 0. The van der Waals surface area contributed by atoms with Crippen molar-refractivity contribution in [3.8, 4) is 6.07 Å². The van der Waals surface area contributed by atoms with Gasteiger partial charge in [-0.2, -0.15) is 5.26 Å². The molecule has 0 radical (unpaired) electrons. The maximum atomic E-state index is 9.52. The second-order valence-electron chi connectivity index (χ2n) is 6.85. The molecule has 0 aromatic rings. The lowest BCUT2D eigenvalue weighted by Crippen LogP contribution is -2.44. The van der Waals surface area contributed by atoms with Gasteiger partial charge in [0.15, 0.2) is 0 Å². The Morgan fingerprint density at radius 1 is 1.33 bits per heavy atom. The molecule has 0 aromatic carbocycles. The molecule has 122 valence electrons. The van der Waals surface area contributed by atoms with Gasteiger partial charge in [-0.15, -0.1) is 0 Å². The molecule has 1 saturated heterocycles. The summed E-state index contributed by atoms with van der Waals surface area (Å²) in [4.78, 5) is 4.91. The smallest absolute Gasteiger partial charge is 0.106 e. The van der Waals surface area contributed by atoms with Crippen LogP contribution in [0.15, 0.2) is 0 Å². The number of nitrogens with one attached hydrogen (secondary N) is 1. The molecule has 0 spiro atoms. The van der Waals surface area contributed by atoms with Gasteiger partial charge < -0.3 is 9.80 Å². The fourth-order valence-electron chi connectivity index (χ4n) is 3.44. The Morgan fingerprint density at radius 2 is 2.05 bits per heavy atom. The minimum Gasteiger partial charge on any atom is -0.305 e. The molecule has 3 unspecified atom stereocenters. The normalized spacial score (nSPS) is 26.0. The molecule has 1 heterocycles. The molecule has 21 heavy (non-hydrogen) atoms. The Hall–Kier alpha value is -0.630. The van der Waals surface area contributed by atoms with Crippen molar-refractivity contribution in [1.29, 1.82) is 5.26 Å². The number of nitriles is 1. The first-order valence-corrected chi connectivity index (χ1v) is 8.53. The van der Waals surface area contributed by atoms with Gasteiger partial charge in [0.05, 0.1) is 6.07 Å². The maximum Gasteiger partial charge on any atom is 0.106 e. The van der Waals surface area contributed by atoms with Crippen molar-refractivity contribution in [2.24, 2.45) is 5.92 Å². The molecule has 3 atom stereocenters. The lowest BCUT2D eigenvalue weighted by Gasteiger charge is -2.27. The number of likely N-dealkylation sites (tertiary alicyclic amines) is 1. The van der Waals surface area contributed by atoms with Crippen molar-refractivity contribution in [1.82, 2.24) is 15.1 Å². The molecule has 1 N–H and O–H groups in total. The van der Waals surface area contributed by atoms with E-state index in [0.717, 1.165) is 44.7 Å². The Bertz CT molecular complexity index is 336. The van der Waals surface area contributed by atoms with Crippen LogP contribution in [-0.2, 0) is 0 Å². The summed E-state index contributed by atoms with van der Waals surface area (Å²) in [7, 11) is 4.36. The minimum atomic E-state index is -0.317. The van der Waals surface area contributed by atoms with E-state index in [2.05, 4.69) is 56.1 Å². The van der Waals surface area contributed by atoms with Crippen LogP contribution in [0.3, 0.4) is 0 Å². The summed E-state index contributed by atoms with van der Waals surface area (Å²) in [5.41, 5.74) is -0.317. The lowest BCUT2D eigenvalue weighted by molar-refractivity contribution is 0.247. The van der Waals surface area contributed by atoms with E-state index in [-0.39, 0.29) is 5.54 Å². The maximum absolute atomic E-state index is 9.52. The Labute approximate surface area is 131 Å². The van der Waals surface area contributed by atoms with Crippen LogP contribution in [0.25, 0.3) is 0 Å². The van der Waals surface area contributed by atoms with Crippen molar-refractivity contribution < 1.29 is 0 Å². The lowest BCUT2D eigenvalue weighted by atomic mass is 9.91. The molecule has 1 aliphatic heterocycles. The topological polar surface area (TPSA) is 42.3 Å². The van der Waals surface area contributed by atoms with E-state index in [1.807, 2.05) is 0 Å². The van der Waals surface area contributed by atoms with Crippen molar-refractivity contribution in [2.75, 3.05) is 40.3 Å². The second-order valence-corrected chi connectivity index (χ2v) is 6.85. The van der Waals surface area contributed by atoms with E-state index >= 15 is 0 Å². The first-order chi connectivity index (χ1) is 9.98. The highest BCUT2D eigenvalue weighted by molar-refractivity contribution is 5.06. The van der Waals surface area contributed by atoms with Crippen LogP contribution in [-0.4, -0.2) is 61.7 Å². The molecule has 0 bridgehead atoms. The summed E-state index contributed by atoms with van der Waals surface area (Å²) in [5, 5.41) is 13.0. The monoisotopic (exact) mass is 294 g/mol. The zero-order valence-electron chi connectivity index (χ0n) is 14.7. The number of hydrogen-bond acceptors (Lipinski definition) is 4. The summed E-state index contributed by atoms with van der Waals surface area (Å²) in [6, 6.07) is 3.20. The van der Waals surface area contributed by atoms with E-state index in [1.54, 1.807) is 0 Å². The Morgan fingerprint density at radius 3 is 2.52 bits per heavy atom. The molecule has 1 rings (SSSR count).